The fourth-order valence-corrected chi connectivity index (χ4v) is 6.01. The second kappa shape index (κ2) is 34.4. The number of carboxylic acids is 1. The van der Waals surface area contributed by atoms with Gasteiger partial charge in [-0.3, -0.25) is 9.59 Å². The van der Waals surface area contributed by atoms with Gasteiger partial charge in [0.15, 0.2) is 0 Å². The summed E-state index contributed by atoms with van der Waals surface area (Å²) in [5.74, 6) is -0.749. The van der Waals surface area contributed by atoms with E-state index in [1.165, 1.54) is 148 Å². The lowest BCUT2D eigenvalue weighted by Gasteiger charge is -2.18. The molecule has 1 unspecified atom stereocenters. The Morgan fingerprint density at radius 3 is 1.07 bits per heavy atom. The highest BCUT2D eigenvalue weighted by Crippen LogP contribution is 2.19. The Labute approximate surface area is 262 Å². The van der Waals surface area contributed by atoms with Crippen LogP contribution in [-0.4, -0.2) is 23.1 Å². The molecule has 0 aliphatic heterocycles. The van der Waals surface area contributed by atoms with Gasteiger partial charge in [0.25, 0.3) is 0 Å². The highest BCUT2D eigenvalue weighted by atomic mass is 16.5. The fraction of sp³-hybridized carbons (Fsp3) is 0.947. The van der Waals surface area contributed by atoms with Gasteiger partial charge in [0, 0.05) is 12.8 Å². The lowest BCUT2D eigenvalue weighted by molar-refractivity contribution is -0.150. The van der Waals surface area contributed by atoms with E-state index in [1.807, 2.05) is 0 Å². The molecule has 0 rings (SSSR count). The number of carboxylic acid groups (broad SMARTS) is 1. The fourth-order valence-electron chi connectivity index (χ4n) is 6.01. The van der Waals surface area contributed by atoms with Crippen LogP contribution in [0.2, 0.25) is 0 Å². The molecule has 0 radical (unpaired) electrons. The zero-order valence-corrected chi connectivity index (χ0v) is 28.6. The van der Waals surface area contributed by atoms with Crippen molar-refractivity contribution in [1.82, 2.24) is 0 Å². The molecule has 0 amide bonds. The standard InChI is InChI=1S/C38H74O4/c1-3-5-7-9-11-12-13-14-15-16-17-18-19-20-21-22-24-26-31-35-38(41)42-36(33-29-27-30-34-37(39)40)32-28-25-23-10-8-6-4-2/h36H,3-35H2,1-2H3,(H,39,40). The monoisotopic (exact) mass is 595 g/mol. The summed E-state index contributed by atoms with van der Waals surface area (Å²) in [5, 5.41) is 8.84. The highest BCUT2D eigenvalue weighted by molar-refractivity contribution is 5.69. The van der Waals surface area contributed by atoms with Crippen molar-refractivity contribution in [3.05, 3.63) is 0 Å². The molecule has 4 nitrogen and oxygen atoms in total. The Bertz CT molecular complexity index is 561. The molecule has 0 aromatic heterocycles. The van der Waals surface area contributed by atoms with E-state index in [4.69, 9.17) is 9.84 Å². The van der Waals surface area contributed by atoms with Crippen LogP contribution < -0.4 is 0 Å². The number of rotatable bonds is 35. The van der Waals surface area contributed by atoms with Crippen molar-refractivity contribution in [1.29, 1.82) is 0 Å². The van der Waals surface area contributed by atoms with Gasteiger partial charge >= 0.3 is 11.9 Å². The number of carbonyl (C=O) groups excluding carboxylic acids is 1. The topological polar surface area (TPSA) is 63.6 Å². The molecular formula is C38H74O4. The maximum absolute atomic E-state index is 12.5. The minimum atomic E-state index is -0.722. The average Bonchev–Trinajstić information content (AvgIpc) is 2.97. The third-order valence-electron chi connectivity index (χ3n) is 8.83. The van der Waals surface area contributed by atoms with E-state index in [1.54, 1.807) is 0 Å². The smallest absolute Gasteiger partial charge is 0.306 e. The first-order valence-electron chi connectivity index (χ1n) is 19.0. The number of hydrogen-bond donors (Lipinski definition) is 1. The van der Waals surface area contributed by atoms with E-state index < -0.39 is 5.97 Å². The minimum Gasteiger partial charge on any atom is -0.481 e. The zero-order valence-electron chi connectivity index (χ0n) is 28.6. The summed E-state index contributed by atoms with van der Waals surface area (Å²) in [6.45, 7) is 4.54. The Balaban J connectivity index is 3.72. The van der Waals surface area contributed by atoms with Crippen LogP contribution in [0.4, 0.5) is 0 Å². The van der Waals surface area contributed by atoms with Crippen LogP contribution in [0.3, 0.4) is 0 Å². The molecule has 0 bridgehead atoms. The van der Waals surface area contributed by atoms with E-state index in [-0.39, 0.29) is 18.5 Å². The number of ether oxygens (including phenoxy) is 1. The van der Waals surface area contributed by atoms with Crippen LogP contribution in [-0.2, 0) is 14.3 Å². The van der Waals surface area contributed by atoms with Crippen molar-refractivity contribution in [3.63, 3.8) is 0 Å². The molecule has 0 saturated heterocycles. The van der Waals surface area contributed by atoms with Gasteiger partial charge in [0.05, 0.1) is 0 Å². The maximum atomic E-state index is 12.5. The molecule has 0 spiro atoms. The Morgan fingerprint density at radius 1 is 0.429 bits per heavy atom. The van der Waals surface area contributed by atoms with Crippen molar-refractivity contribution < 1.29 is 19.4 Å². The third kappa shape index (κ3) is 33.4. The Kier molecular flexibility index (Phi) is 33.6. The molecule has 1 N–H and O–H groups in total. The first-order valence-corrected chi connectivity index (χ1v) is 19.0. The molecule has 250 valence electrons. The summed E-state index contributed by atoms with van der Waals surface area (Å²) in [4.78, 5) is 23.3. The van der Waals surface area contributed by atoms with E-state index in [0.29, 0.717) is 12.8 Å². The van der Waals surface area contributed by atoms with Gasteiger partial charge in [-0.2, -0.15) is 0 Å². The van der Waals surface area contributed by atoms with Crippen molar-refractivity contribution in [3.8, 4) is 0 Å². The molecule has 0 aromatic carbocycles. The van der Waals surface area contributed by atoms with Crippen molar-refractivity contribution in [2.24, 2.45) is 0 Å². The largest absolute Gasteiger partial charge is 0.481 e. The summed E-state index contributed by atoms with van der Waals surface area (Å²) >= 11 is 0. The first-order chi connectivity index (χ1) is 20.6. The highest BCUT2D eigenvalue weighted by Gasteiger charge is 2.14. The van der Waals surface area contributed by atoms with Crippen molar-refractivity contribution >= 4 is 11.9 Å². The van der Waals surface area contributed by atoms with Gasteiger partial charge < -0.3 is 9.84 Å². The van der Waals surface area contributed by atoms with E-state index in [9.17, 15) is 9.59 Å². The number of carbonyl (C=O) groups is 2. The number of hydrogen-bond acceptors (Lipinski definition) is 3. The van der Waals surface area contributed by atoms with Gasteiger partial charge in [-0.1, -0.05) is 174 Å². The lowest BCUT2D eigenvalue weighted by Crippen LogP contribution is -2.18. The number of aliphatic carboxylic acids is 1. The molecule has 0 aliphatic carbocycles. The molecule has 0 saturated carbocycles. The van der Waals surface area contributed by atoms with Gasteiger partial charge in [-0.25, -0.2) is 0 Å². The predicted octanol–water partition coefficient (Wildman–Crippen LogP) is 12.9. The molecule has 0 fully saturated rings. The quantitative estimate of drug-likeness (QED) is 0.0585. The normalized spacial score (nSPS) is 12.0. The van der Waals surface area contributed by atoms with Crippen molar-refractivity contribution in [2.75, 3.05) is 0 Å². The van der Waals surface area contributed by atoms with Gasteiger partial charge in [0.1, 0.15) is 6.10 Å². The van der Waals surface area contributed by atoms with Crippen LogP contribution in [0, 0.1) is 0 Å². The Morgan fingerprint density at radius 2 is 0.714 bits per heavy atom. The summed E-state index contributed by atoms with van der Waals surface area (Å²) in [6, 6.07) is 0. The predicted molar refractivity (Wildman–Crippen MR) is 181 cm³/mol. The maximum Gasteiger partial charge on any atom is 0.306 e. The summed E-state index contributed by atoms with van der Waals surface area (Å²) in [6.07, 6.45) is 39.9. The van der Waals surface area contributed by atoms with E-state index in [2.05, 4.69) is 13.8 Å². The summed E-state index contributed by atoms with van der Waals surface area (Å²) in [7, 11) is 0. The van der Waals surface area contributed by atoms with Gasteiger partial charge in [-0.05, 0) is 38.5 Å². The van der Waals surface area contributed by atoms with Gasteiger partial charge in [-0.15, -0.1) is 0 Å². The second-order valence-electron chi connectivity index (χ2n) is 13.1. The second-order valence-corrected chi connectivity index (χ2v) is 13.1. The summed E-state index contributed by atoms with van der Waals surface area (Å²) in [5.41, 5.74) is 0. The van der Waals surface area contributed by atoms with Crippen LogP contribution >= 0.6 is 0 Å². The number of esters is 1. The van der Waals surface area contributed by atoms with Crippen LogP contribution in [0.1, 0.15) is 226 Å². The molecule has 0 heterocycles. The Hall–Kier alpha value is -1.06. The molecular weight excluding hydrogens is 520 g/mol. The van der Waals surface area contributed by atoms with E-state index >= 15 is 0 Å². The summed E-state index contributed by atoms with van der Waals surface area (Å²) < 4.78 is 5.91. The SMILES string of the molecule is CCCCCCCCCCCCCCCCCCCCCC(=O)OC(CCCCCCCCC)CCCCCC(=O)O. The minimum absolute atomic E-state index is 0.0123. The van der Waals surface area contributed by atoms with Gasteiger partial charge in [0.2, 0.25) is 0 Å². The first kappa shape index (κ1) is 40.9. The molecule has 42 heavy (non-hydrogen) atoms. The zero-order chi connectivity index (χ0) is 30.8. The van der Waals surface area contributed by atoms with E-state index in [0.717, 1.165) is 44.9 Å². The van der Waals surface area contributed by atoms with Crippen molar-refractivity contribution in [2.45, 2.75) is 232 Å². The molecule has 0 aromatic rings. The molecule has 1 atom stereocenters. The molecule has 4 heteroatoms. The average molecular weight is 595 g/mol. The molecule has 0 aliphatic rings. The van der Waals surface area contributed by atoms with Crippen LogP contribution in [0.25, 0.3) is 0 Å². The van der Waals surface area contributed by atoms with Crippen LogP contribution in [0.15, 0.2) is 0 Å². The lowest BCUT2D eigenvalue weighted by atomic mass is 10.0. The third-order valence-corrected chi connectivity index (χ3v) is 8.83. The van der Waals surface area contributed by atoms with Crippen LogP contribution in [0.5, 0.6) is 0 Å². The number of unbranched alkanes of at least 4 members (excludes halogenated alkanes) is 26.